The van der Waals surface area contributed by atoms with Crippen LogP contribution in [0.2, 0.25) is 0 Å². The molecule has 0 amide bonds. The van der Waals surface area contributed by atoms with Gasteiger partial charge in [0.1, 0.15) is 0 Å². The van der Waals surface area contributed by atoms with Gasteiger partial charge in [-0.25, -0.2) is 5.01 Å². The Balaban J connectivity index is 1.97. The maximum atomic E-state index is 12.2. The highest BCUT2D eigenvalue weighted by Gasteiger charge is 2.36. The van der Waals surface area contributed by atoms with E-state index in [1.165, 1.54) is 6.42 Å². The van der Waals surface area contributed by atoms with Crippen molar-refractivity contribution in [3.05, 3.63) is 5.82 Å². The fourth-order valence-corrected chi connectivity index (χ4v) is 2.14. The number of piperidine rings is 1. The standard InChI is InChI=1S/C8H11F3N4S/c9-8(10,11)6-12-7(16-14-6)13-15-4-2-1-3-5-15/h1-5H2,(H,12,13,14). The van der Waals surface area contributed by atoms with Crippen molar-refractivity contribution in [2.45, 2.75) is 25.4 Å². The number of aromatic nitrogens is 2. The van der Waals surface area contributed by atoms with Gasteiger partial charge in [-0.2, -0.15) is 22.5 Å². The molecule has 2 heterocycles. The smallest absolute Gasteiger partial charge is 0.293 e. The Morgan fingerprint density at radius 2 is 1.88 bits per heavy atom. The Labute approximate surface area is 94.6 Å². The van der Waals surface area contributed by atoms with E-state index in [9.17, 15) is 13.2 Å². The summed E-state index contributed by atoms with van der Waals surface area (Å²) in [5.41, 5.74) is 2.85. The lowest BCUT2D eigenvalue weighted by Gasteiger charge is -2.26. The largest absolute Gasteiger partial charge is 0.452 e. The summed E-state index contributed by atoms with van der Waals surface area (Å²) in [5, 5.41) is 2.08. The van der Waals surface area contributed by atoms with Crippen molar-refractivity contribution < 1.29 is 13.2 Å². The van der Waals surface area contributed by atoms with Crippen molar-refractivity contribution in [3.8, 4) is 0 Å². The van der Waals surface area contributed by atoms with Crippen LogP contribution in [0.4, 0.5) is 18.3 Å². The molecule has 0 bridgehead atoms. The molecule has 2 rings (SSSR count). The number of alkyl halides is 3. The molecule has 0 aliphatic carbocycles. The Morgan fingerprint density at radius 1 is 1.19 bits per heavy atom. The summed E-state index contributed by atoms with van der Waals surface area (Å²) in [5.74, 6) is -1.07. The van der Waals surface area contributed by atoms with E-state index in [0.717, 1.165) is 37.5 Å². The highest BCUT2D eigenvalue weighted by atomic mass is 32.1. The predicted octanol–water partition coefficient (Wildman–Crippen LogP) is 2.37. The number of anilines is 1. The molecule has 0 aromatic carbocycles. The molecule has 0 radical (unpaired) electrons. The second-order valence-corrected chi connectivity index (χ2v) is 4.33. The van der Waals surface area contributed by atoms with E-state index in [-0.39, 0.29) is 5.13 Å². The van der Waals surface area contributed by atoms with E-state index >= 15 is 0 Å². The molecule has 0 spiro atoms. The van der Waals surface area contributed by atoms with Gasteiger partial charge >= 0.3 is 6.18 Å². The second kappa shape index (κ2) is 4.54. The van der Waals surface area contributed by atoms with Crippen LogP contribution in [0, 0.1) is 0 Å². The van der Waals surface area contributed by atoms with Gasteiger partial charge in [-0.15, -0.1) is 0 Å². The Bertz CT molecular complexity index is 345. The highest BCUT2D eigenvalue weighted by Crippen LogP contribution is 2.29. The van der Waals surface area contributed by atoms with Crippen molar-refractivity contribution in [2.24, 2.45) is 0 Å². The summed E-state index contributed by atoms with van der Waals surface area (Å²) in [6, 6.07) is 0. The lowest BCUT2D eigenvalue weighted by molar-refractivity contribution is -0.144. The number of nitrogens with zero attached hydrogens (tertiary/aromatic N) is 3. The zero-order valence-electron chi connectivity index (χ0n) is 8.42. The maximum absolute atomic E-state index is 12.2. The lowest BCUT2D eigenvalue weighted by atomic mass is 10.2. The highest BCUT2D eigenvalue weighted by molar-refractivity contribution is 7.09. The first-order valence-corrected chi connectivity index (χ1v) is 5.75. The number of rotatable bonds is 2. The monoisotopic (exact) mass is 252 g/mol. The van der Waals surface area contributed by atoms with Crippen LogP contribution in [0.1, 0.15) is 25.1 Å². The molecular weight excluding hydrogens is 241 g/mol. The topological polar surface area (TPSA) is 41.1 Å². The molecule has 1 aromatic rings. The Morgan fingerprint density at radius 3 is 2.44 bits per heavy atom. The van der Waals surface area contributed by atoms with Gasteiger partial charge in [0.05, 0.1) is 0 Å². The first-order chi connectivity index (χ1) is 7.55. The van der Waals surface area contributed by atoms with E-state index in [2.05, 4.69) is 14.8 Å². The van der Waals surface area contributed by atoms with Crippen molar-refractivity contribution in [1.29, 1.82) is 0 Å². The predicted molar refractivity (Wildman–Crippen MR) is 54.0 cm³/mol. The fraction of sp³-hybridized carbons (Fsp3) is 0.750. The molecule has 1 aromatic heterocycles. The lowest BCUT2D eigenvalue weighted by Crippen LogP contribution is -2.34. The molecule has 0 unspecified atom stereocenters. The van der Waals surface area contributed by atoms with Crippen LogP contribution in [0.15, 0.2) is 0 Å². The summed E-state index contributed by atoms with van der Waals surface area (Å²) < 4.78 is 39.9. The minimum absolute atomic E-state index is 0.203. The fourth-order valence-electron chi connectivity index (χ4n) is 1.53. The molecule has 1 aliphatic rings. The van der Waals surface area contributed by atoms with Crippen molar-refractivity contribution >= 4 is 16.7 Å². The van der Waals surface area contributed by atoms with Gasteiger partial charge in [0.25, 0.3) is 0 Å². The first-order valence-electron chi connectivity index (χ1n) is 4.98. The Hall–Kier alpha value is -0.890. The molecule has 1 aliphatic heterocycles. The zero-order valence-corrected chi connectivity index (χ0v) is 9.24. The molecule has 1 N–H and O–H groups in total. The van der Waals surface area contributed by atoms with Gasteiger partial charge in [-0.1, -0.05) is 6.42 Å². The van der Waals surface area contributed by atoms with Crippen LogP contribution in [0.25, 0.3) is 0 Å². The minimum atomic E-state index is -4.46. The van der Waals surface area contributed by atoms with E-state index in [1.807, 2.05) is 5.01 Å². The summed E-state index contributed by atoms with van der Waals surface area (Å²) in [6.45, 7) is 1.67. The molecule has 1 saturated heterocycles. The zero-order chi connectivity index (χ0) is 11.6. The van der Waals surface area contributed by atoms with Crippen LogP contribution in [-0.4, -0.2) is 27.5 Å². The summed E-state index contributed by atoms with van der Waals surface area (Å²) in [6.07, 6.45) is -1.18. The molecule has 16 heavy (non-hydrogen) atoms. The molecule has 90 valence electrons. The van der Waals surface area contributed by atoms with Crippen LogP contribution in [0.5, 0.6) is 0 Å². The van der Waals surface area contributed by atoms with Gasteiger partial charge in [0.15, 0.2) is 0 Å². The van der Waals surface area contributed by atoms with Gasteiger partial charge in [0, 0.05) is 24.6 Å². The number of hydrogen-bond acceptors (Lipinski definition) is 5. The molecule has 8 heteroatoms. The molecule has 0 saturated carbocycles. The molecule has 4 nitrogen and oxygen atoms in total. The quantitative estimate of drug-likeness (QED) is 0.877. The first kappa shape index (κ1) is 11.6. The number of hydrogen-bond donors (Lipinski definition) is 1. The van der Waals surface area contributed by atoms with Crippen LogP contribution < -0.4 is 5.43 Å². The van der Waals surface area contributed by atoms with Gasteiger partial charge in [-0.05, 0) is 12.8 Å². The third-order valence-electron chi connectivity index (χ3n) is 2.29. The summed E-state index contributed by atoms with van der Waals surface area (Å²) in [4.78, 5) is 3.41. The summed E-state index contributed by atoms with van der Waals surface area (Å²) >= 11 is 0.736. The Kier molecular flexibility index (Phi) is 3.29. The number of halogens is 3. The molecule has 1 fully saturated rings. The van der Waals surface area contributed by atoms with E-state index in [0.29, 0.717) is 0 Å². The third kappa shape index (κ3) is 2.82. The van der Waals surface area contributed by atoms with Gasteiger partial charge < -0.3 is 0 Å². The van der Waals surface area contributed by atoms with Crippen molar-refractivity contribution in [2.75, 3.05) is 18.5 Å². The van der Waals surface area contributed by atoms with Crippen LogP contribution in [0.3, 0.4) is 0 Å². The minimum Gasteiger partial charge on any atom is -0.293 e. The second-order valence-electron chi connectivity index (χ2n) is 3.58. The molecular formula is C8H11F3N4S. The molecule has 0 atom stereocenters. The normalized spacial score (nSPS) is 18.7. The van der Waals surface area contributed by atoms with Crippen LogP contribution >= 0.6 is 11.5 Å². The number of nitrogens with one attached hydrogen (secondary N) is 1. The van der Waals surface area contributed by atoms with E-state index in [4.69, 9.17) is 0 Å². The van der Waals surface area contributed by atoms with E-state index < -0.39 is 12.0 Å². The van der Waals surface area contributed by atoms with Crippen molar-refractivity contribution in [3.63, 3.8) is 0 Å². The summed E-state index contributed by atoms with van der Waals surface area (Å²) in [7, 11) is 0. The van der Waals surface area contributed by atoms with Gasteiger partial charge in [-0.3, -0.25) is 5.43 Å². The van der Waals surface area contributed by atoms with E-state index in [1.54, 1.807) is 0 Å². The number of hydrazine groups is 1. The SMILES string of the molecule is FC(F)(F)c1nsc(NN2CCCCC2)n1. The van der Waals surface area contributed by atoms with Crippen LogP contribution in [-0.2, 0) is 6.18 Å². The third-order valence-corrected chi connectivity index (χ3v) is 2.91. The van der Waals surface area contributed by atoms with Crippen molar-refractivity contribution in [1.82, 2.24) is 14.4 Å². The maximum Gasteiger partial charge on any atom is 0.452 e. The average Bonchev–Trinajstić information content (AvgIpc) is 2.67. The average molecular weight is 252 g/mol. The van der Waals surface area contributed by atoms with Gasteiger partial charge in [0.2, 0.25) is 11.0 Å².